The number of carbonyl (C=O) groups excluding carboxylic acids is 1. The molecule has 0 saturated heterocycles. The van der Waals surface area contributed by atoms with Crippen molar-refractivity contribution in [3.8, 4) is 5.69 Å². The van der Waals surface area contributed by atoms with E-state index in [4.69, 9.17) is 4.52 Å². The average Bonchev–Trinajstić information content (AvgIpc) is 2.87. The molecule has 0 atom stereocenters. The summed E-state index contributed by atoms with van der Waals surface area (Å²) in [5.74, 6) is -0.132. The molecule has 0 spiro atoms. The van der Waals surface area contributed by atoms with E-state index in [0.717, 1.165) is 0 Å². The SMILES string of the molecule is O=C(c1ccccc1)c1ccccc1-[n+]1[nH]oc(=O)c1Br. The lowest BCUT2D eigenvalue weighted by molar-refractivity contribution is -0.680. The maximum atomic E-state index is 12.6. The van der Waals surface area contributed by atoms with Gasteiger partial charge < -0.3 is 0 Å². The van der Waals surface area contributed by atoms with Crippen LogP contribution in [0.5, 0.6) is 0 Å². The second kappa shape index (κ2) is 5.49. The molecule has 1 N–H and O–H groups in total. The molecule has 0 bridgehead atoms. The summed E-state index contributed by atoms with van der Waals surface area (Å²) in [5, 5.41) is 2.47. The third-order valence-corrected chi connectivity index (χ3v) is 3.70. The summed E-state index contributed by atoms with van der Waals surface area (Å²) in [5.41, 5.74) is 1.03. The van der Waals surface area contributed by atoms with E-state index in [1.54, 1.807) is 48.5 Å². The van der Waals surface area contributed by atoms with Gasteiger partial charge in [0.15, 0.2) is 5.78 Å². The van der Waals surface area contributed by atoms with Gasteiger partial charge >= 0.3 is 10.2 Å². The number of halogens is 1. The van der Waals surface area contributed by atoms with E-state index in [-0.39, 0.29) is 10.4 Å². The highest BCUT2D eigenvalue weighted by Gasteiger charge is 2.26. The smallest absolute Gasteiger partial charge is 0.288 e. The van der Waals surface area contributed by atoms with E-state index in [1.807, 2.05) is 6.07 Å². The number of nitrogens with one attached hydrogen (secondary N) is 1. The van der Waals surface area contributed by atoms with Gasteiger partial charge in [0, 0.05) is 27.6 Å². The molecule has 0 saturated carbocycles. The fraction of sp³-hybridized carbons (Fsp3) is 0. The number of hydrogen-bond acceptors (Lipinski definition) is 3. The van der Waals surface area contributed by atoms with Crippen molar-refractivity contribution in [1.82, 2.24) is 5.27 Å². The first-order valence-electron chi connectivity index (χ1n) is 6.16. The zero-order valence-electron chi connectivity index (χ0n) is 10.7. The highest BCUT2D eigenvalue weighted by atomic mass is 79.9. The number of aromatic amines is 1. The largest absolute Gasteiger partial charge is 0.442 e. The van der Waals surface area contributed by atoms with E-state index in [0.29, 0.717) is 16.8 Å². The van der Waals surface area contributed by atoms with E-state index in [9.17, 15) is 9.59 Å². The van der Waals surface area contributed by atoms with Gasteiger partial charge in [-0.3, -0.25) is 9.32 Å². The Morgan fingerprint density at radius 3 is 2.38 bits per heavy atom. The monoisotopic (exact) mass is 345 g/mol. The molecule has 0 unspecified atom stereocenters. The van der Waals surface area contributed by atoms with Crippen molar-refractivity contribution in [3.05, 3.63) is 80.7 Å². The molecule has 5 nitrogen and oxygen atoms in total. The maximum absolute atomic E-state index is 12.6. The number of ketones is 1. The van der Waals surface area contributed by atoms with Crippen LogP contribution in [-0.4, -0.2) is 11.1 Å². The highest BCUT2D eigenvalue weighted by Crippen LogP contribution is 2.15. The third kappa shape index (κ3) is 2.45. The Kier molecular flexibility index (Phi) is 3.53. The highest BCUT2D eigenvalue weighted by molar-refractivity contribution is 9.10. The normalized spacial score (nSPS) is 10.5. The molecular formula is C15H10BrN2O3+. The van der Waals surface area contributed by atoms with Crippen LogP contribution < -0.4 is 10.3 Å². The molecule has 1 heterocycles. The minimum Gasteiger partial charge on any atom is -0.288 e. The van der Waals surface area contributed by atoms with Crippen LogP contribution in [0.15, 0.2) is 68.5 Å². The van der Waals surface area contributed by atoms with Crippen molar-refractivity contribution in [3.63, 3.8) is 0 Å². The van der Waals surface area contributed by atoms with Crippen LogP contribution in [0.4, 0.5) is 0 Å². The van der Waals surface area contributed by atoms with Gasteiger partial charge in [-0.2, -0.15) is 0 Å². The van der Waals surface area contributed by atoms with Gasteiger partial charge in [-0.25, -0.2) is 4.79 Å². The molecule has 0 amide bonds. The molecule has 2 aromatic carbocycles. The third-order valence-electron chi connectivity index (χ3n) is 3.02. The number of nitrogens with zero attached hydrogens (tertiary/aromatic N) is 1. The molecule has 6 heteroatoms. The summed E-state index contributed by atoms with van der Waals surface area (Å²) in [4.78, 5) is 24.0. The van der Waals surface area contributed by atoms with Crippen LogP contribution in [0.2, 0.25) is 0 Å². The molecule has 0 aliphatic carbocycles. The molecule has 3 rings (SSSR count). The Morgan fingerprint density at radius 2 is 1.71 bits per heavy atom. The van der Waals surface area contributed by atoms with Crippen LogP contribution >= 0.6 is 15.9 Å². The lowest BCUT2D eigenvalue weighted by Gasteiger charge is -2.02. The Balaban J connectivity index is 2.15. The predicted octanol–water partition coefficient (Wildman–Crippen LogP) is 2.24. The molecule has 104 valence electrons. The first kappa shape index (κ1) is 13.5. The molecule has 0 aliphatic rings. The van der Waals surface area contributed by atoms with E-state index in [1.165, 1.54) is 4.68 Å². The molecule has 0 radical (unpaired) electrons. The second-order valence-corrected chi connectivity index (χ2v) is 5.07. The van der Waals surface area contributed by atoms with Crippen molar-refractivity contribution in [2.24, 2.45) is 0 Å². The van der Waals surface area contributed by atoms with Gasteiger partial charge in [-0.1, -0.05) is 42.5 Å². The summed E-state index contributed by atoms with van der Waals surface area (Å²) < 4.78 is 6.29. The fourth-order valence-electron chi connectivity index (χ4n) is 2.02. The summed E-state index contributed by atoms with van der Waals surface area (Å²) in [6, 6.07) is 15.9. The Labute approximate surface area is 127 Å². The van der Waals surface area contributed by atoms with Crippen LogP contribution in [0.3, 0.4) is 0 Å². The fourth-order valence-corrected chi connectivity index (χ4v) is 2.37. The van der Waals surface area contributed by atoms with Crippen LogP contribution in [-0.2, 0) is 0 Å². The number of benzene rings is 2. The van der Waals surface area contributed by atoms with E-state index >= 15 is 0 Å². The first-order valence-corrected chi connectivity index (χ1v) is 6.96. The molecule has 0 aliphatic heterocycles. The van der Waals surface area contributed by atoms with Crippen LogP contribution in [0, 0.1) is 0 Å². The van der Waals surface area contributed by atoms with Gasteiger partial charge in [0.05, 0.1) is 5.56 Å². The number of rotatable bonds is 3. The second-order valence-electron chi connectivity index (χ2n) is 4.32. The van der Waals surface area contributed by atoms with Crippen LogP contribution in [0.25, 0.3) is 5.69 Å². The Morgan fingerprint density at radius 1 is 1.05 bits per heavy atom. The summed E-state index contributed by atoms with van der Waals surface area (Å²) in [6.45, 7) is 0. The topological polar surface area (TPSA) is 66.9 Å². The number of aromatic nitrogens is 2. The van der Waals surface area contributed by atoms with Crippen molar-refractivity contribution < 1.29 is 14.0 Å². The van der Waals surface area contributed by atoms with E-state index in [2.05, 4.69) is 21.2 Å². The number of hydrogen-bond donors (Lipinski definition) is 1. The zero-order valence-corrected chi connectivity index (χ0v) is 12.3. The van der Waals surface area contributed by atoms with Crippen molar-refractivity contribution in [2.75, 3.05) is 0 Å². The van der Waals surface area contributed by atoms with Gasteiger partial charge in [0.2, 0.25) is 0 Å². The standard InChI is InChI=1S/C15H9BrN2O3/c16-14-15(20)21-17-18(14)12-9-5-4-8-11(12)13(19)10-6-2-1-3-7-10/h1-9H/p+1. The minimum absolute atomic E-state index is 0.132. The Hall–Kier alpha value is -2.47. The lowest BCUT2D eigenvalue weighted by Crippen LogP contribution is -2.36. The van der Waals surface area contributed by atoms with Gasteiger partial charge in [0.25, 0.3) is 5.69 Å². The number of carbonyl (C=O) groups is 1. The first-order chi connectivity index (χ1) is 10.2. The summed E-state index contributed by atoms with van der Waals surface area (Å²) in [7, 11) is 0. The lowest BCUT2D eigenvalue weighted by atomic mass is 10.0. The van der Waals surface area contributed by atoms with Crippen molar-refractivity contribution in [2.45, 2.75) is 0 Å². The quantitative estimate of drug-likeness (QED) is 0.584. The molecular weight excluding hydrogens is 336 g/mol. The maximum Gasteiger partial charge on any atom is 0.442 e. The molecule has 1 aromatic heterocycles. The van der Waals surface area contributed by atoms with Crippen LogP contribution in [0.1, 0.15) is 15.9 Å². The summed E-state index contributed by atoms with van der Waals surface area (Å²) >= 11 is 3.14. The van der Waals surface area contributed by atoms with Gasteiger partial charge in [0.1, 0.15) is 0 Å². The molecule has 3 aromatic rings. The minimum atomic E-state index is -0.544. The Bertz CT molecular complexity index is 853. The average molecular weight is 346 g/mol. The van der Waals surface area contributed by atoms with Crippen molar-refractivity contribution in [1.29, 1.82) is 0 Å². The molecule has 21 heavy (non-hydrogen) atoms. The van der Waals surface area contributed by atoms with Gasteiger partial charge in [-0.15, -0.1) is 0 Å². The molecule has 0 fully saturated rings. The number of H-pyrrole nitrogens is 1. The van der Waals surface area contributed by atoms with Gasteiger partial charge in [-0.05, 0) is 16.0 Å². The van der Waals surface area contributed by atoms with E-state index < -0.39 is 5.63 Å². The van der Waals surface area contributed by atoms with Crippen molar-refractivity contribution >= 4 is 21.7 Å². The summed E-state index contributed by atoms with van der Waals surface area (Å²) in [6.07, 6.45) is 0. The predicted molar refractivity (Wildman–Crippen MR) is 78.4 cm³/mol. The number of para-hydroxylation sites is 1. The zero-order chi connectivity index (χ0) is 14.8.